The molecular formula is C9H6N2O3. The average molecular weight is 190 g/mol. The fourth-order valence-electron chi connectivity index (χ4n) is 1.20. The highest BCUT2D eigenvalue weighted by Crippen LogP contribution is 2.16. The van der Waals surface area contributed by atoms with Gasteiger partial charge in [0.15, 0.2) is 5.76 Å². The van der Waals surface area contributed by atoms with Crippen molar-refractivity contribution in [3.8, 4) is 0 Å². The lowest BCUT2D eigenvalue weighted by Gasteiger charge is -2.12. The van der Waals surface area contributed by atoms with Gasteiger partial charge < -0.3 is 4.74 Å². The van der Waals surface area contributed by atoms with Crippen molar-refractivity contribution in [1.29, 1.82) is 0 Å². The maximum Gasteiger partial charge on any atom is 0.280 e. The van der Waals surface area contributed by atoms with Gasteiger partial charge in [0.25, 0.3) is 5.91 Å². The standard InChI is InChI=1S/C9H6N2O3/c1-14-8-3-6-5(2-7(8)12)9(13)11-4-10-6/h2-4H,1H3. The number of ketones is 1. The molecule has 0 radical (unpaired) electrons. The Labute approximate surface area is 79.5 Å². The van der Waals surface area contributed by atoms with Gasteiger partial charge >= 0.3 is 0 Å². The quantitative estimate of drug-likeness (QED) is 0.548. The van der Waals surface area contributed by atoms with E-state index in [-0.39, 0.29) is 17.1 Å². The fraction of sp³-hybridized carbons (Fsp3) is 0.111. The zero-order valence-corrected chi connectivity index (χ0v) is 7.35. The van der Waals surface area contributed by atoms with Crippen molar-refractivity contribution in [3.05, 3.63) is 23.5 Å². The number of ether oxygens (including phenoxy) is 1. The Morgan fingerprint density at radius 1 is 1.29 bits per heavy atom. The fourth-order valence-corrected chi connectivity index (χ4v) is 1.20. The molecule has 0 saturated heterocycles. The van der Waals surface area contributed by atoms with Crippen molar-refractivity contribution in [1.82, 2.24) is 0 Å². The van der Waals surface area contributed by atoms with Gasteiger partial charge in [-0.1, -0.05) is 0 Å². The van der Waals surface area contributed by atoms with E-state index in [2.05, 4.69) is 9.98 Å². The third-order valence-electron chi connectivity index (χ3n) is 1.88. The summed E-state index contributed by atoms with van der Waals surface area (Å²) in [7, 11) is 1.39. The molecule has 5 heteroatoms. The zero-order valence-electron chi connectivity index (χ0n) is 7.35. The van der Waals surface area contributed by atoms with Crippen LogP contribution in [0.3, 0.4) is 0 Å². The molecule has 14 heavy (non-hydrogen) atoms. The second-order valence-electron chi connectivity index (χ2n) is 2.70. The molecule has 0 unspecified atom stereocenters. The van der Waals surface area contributed by atoms with Crippen molar-refractivity contribution in [2.75, 3.05) is 7.11 Å². The van der Waals surface area contributed by atoms with Crippen LogP contribution in [-0.2, 0) is 14.3 Å². The second-order valence-corrected chi connectivity index (χ2v) is 2.70. The van der Waals surface area contributed by atoms with E-state index in [1.54, 1.807) is 0 Å². The summed E-state index contributed by atoms with van der Waals surface area (Å²) in [4.78, 5) is 29.8. The molecule has 0 atom stereocenters. The number of amides is 1. The lowest BCUT2D eigenvalue weighted by atomic mass is 10.0. The summed E-state index contributed by atoms with van der Waals surface area (Å²) in [6.45, 7) is 0. The number of hydrogen-bond acceptors (Lipinski definition) is 4. The minimum absolute atomic E-state index is 0.176. The van der Waals surface area contributed by atoms with Crippen LogP contribution in [0, 0.1) is 0 Å². The molecule has 0 spiro atoms. The molecule has 0 aromatic rings. The van der Waals surface area contributed by atoms with E-state index in [1.807, 2.05) is 0 Å². The number of allylic oxidation sites excluding steroid dienone is 2. The first-order valence-electron chi connectivity index (χ1n) is 3.89. The summed E-state index contributed by atoms with van der Waals surface area (Å²) >= 11 is 0. The van der Waals surface area contributed by atoms with Crippen molar-refractivity contribution in [3.63, 3.8) is 0 Å². The molecule has 0 aromatic carbocycles. The first-order chi connectivity index (χ1) is 6.72. The molecule has 0 N–H and O–H groups in total. The Morgan fingerprint density at radius 2 is 2.07 bits per heavy atom. The molecule has 0 saturated carbocycles. The number of nitrogens with zero attached hydrogens (tertiary/aromatic N) is 2. The highest BCUT2D eigenvalue weighted by atomic mass is 16.5. The van der Waals surface area contributed by atoms with Crippen LogP contribution >= 0.6 is 0 Å². The highest BCUT2D eigenvalue weighted by Gasteiger charge is 2.25. The largest absolute Gasteiger partial charge is 0.493 e. The number of aliphatic imine (C=N–C) groups is 2. The third-order valence-corrected chi connectivity index (χ3v) is 1.88. The molecule has 1 aliphatic carbocycles. The van der Waals surface area contributed by atoms with Gasteiger partial charge in [0, 0.05) is 12.2 Å². The topological polar surface area (TPSA) is 68.1 Å². The number of methoxy groups -OCH3 is 1. The summed E-state index contributed by atoms with van der Waals surface area (Å²) in [5, 5.41) is 0. The van der Waals surface area contributed by atoms with Crippen LogP contribution in [0.25, 0.3) is 0 Å². The van der Waals surface area contributed by atoms with E-state index in [4.69, 9.17) is 4.74 Å². The van der Waals surface area contributed by atoms with Crippen molar-refractivity contribution < 1.29 is 14.3 Å². The number of fused-ring (bicyclic) bond motifs is 1. The predicted octanol–water partition coefficient (Wildman–Crippen LogP) is 0.0353. The Hall–Kier alpha value is -2.04. The summed E-state index contributed by atoms with van der Waals surface area (Å²) in [5.41, 5.74) is 0.639. The van der Waals surface area contributed by atoms with Crippen LogP contribution in [0.2, 0.25) is 0 Å². The van der Waals surface area contributed by atoms with Gasteiger partial charge in [-0.15, -0.1) is 0 Å². The minimum Gasteiger partial charge on any atom is -0.493 e. The normalized spacial score (nSPS) is 19.6. The van der Waals surface area contributed by atoms with E-state index in [0.29, 0.717) is 5.71 Å². The average Bonchev–Trinajstić information content (AvgIpc) is 2.19. The van der Waals surface area contributed by atoms with E-state index in [9.17, 15) is 9.59 Å². The number of carbonyl (C=O) groups excluding carboxylic acids is 2. The van der Waals surface area contributed by atoms with Gasteiger partial charge in [-0.25, -0.2) is 4.99 Å². The van der Waals surface area contributed by atoms with Crippen LogP contribution in [-0.4, -0.2) is 30.9 Å². The Morgan fingerprint density at radius 3 is 2.79 bits per heavy atom. The Balaban J connectivity index is 2.49. The highest BCUT2D eigenvalue weighted by molar-refractivity contribution is 6.35. The van der Waals surface area contributed by atoms with Gasteiger partial charge in [-0.3, -0.25) is 9.59 Å². The summed E-state index contributed by atoms with van der Waals surface area (Å²) in [6.07, 6.45) is 3.78. The van der Waals surface area contributed by atoms with Crippen LogP contribution in [0.5, 0.6) is 0 Å². The third kappa shape index (κ3) is 1.19. The number of carbonyl (C=O) groups is 2. The van der Waals surface area contributed by atoms with E-state index >= 15 is 0 Å². The SMILES string of the molecule is COC1=CC2=NC=NC(=O)C2=CC1=O. The van der Waals surface area contributed by atoms with E-state index < -0.39 is 5.91 Å². The number of hydrogen-bond donors (Lipinski definition) is 0. The van der Waals surface area contributed by atoms with Gasteiger partial charge in [0.2, 0.25) is 5.78 Å². The Kier molecular flexibility index (Phi) is 1.85. The predicted molar refractivity (Wildman–Crippen MR) is 49.1 cm³/mol. The maximum atomic E-state index is 11.3. The molecule has 2 aliphatic rings. The molecule has 0 aromatic heterocycles. The molecule has 1 aliphatic heterocycles. The van der Waals surface area contributed by atoms with Gasteiger partial charge in [0.1, 0.15) is 6.34 Å². The van der Waals surface area contributed by atoms with Crippen molar-refractivity contribution in [2.24, 2.45) is 9.98 Å². The minimum atomic E-state index is -0.449. The molecule has 70 valence electrons. The molecule has 1 heterocycles. The van der Waals surface area contributed by atoms with Crippen LogP contribution in [0.1, 0.15) is 0 Å². The monoisotopic (exact) mass is 190 g/mol. The molecule has 0 bridgehead atoms. The molecule has 1 amide bonds. The Bertz CT molecular complexity index is 441. The number of rotatable bonds is 1. The van der Waals surface area contributed by atoms with Crippen LogP contribution in [0.4, 0.5) is 0 Å². The van der Waals surface area contributed by atoms with Gasteiger partial charge in [0.05, 0.1) is 18.4 Å². The van der Waals surface area contributed by atoms with Gasteiger partial charge in [-0.2, -0.15) is 4.99 Å². The second kappa shape index (κ2) is 3.02. The maximum absolute atomic E-state index is 11.3. The first kappa shape index (κ1) is 8.55. The lowest BCUT2D eigenvalue weighted by Crippen LogP contribution is -2.21. The van der Waals surface area contributed by atoms with Crippen molar-refractivity contribution in [2.45, 2.75) is 0 Å². The van der Waals surface area contributed by atoms with E-state index in [0.717, 1.165) is 6.34 Å². The molecular weight excluding hydrogens is 184 g/mol. The van der Waals surface area contributed by atoms with Crippen molar-refractivity contribution >= 4 is 23.7 Å². The summed E-state index contributed by atoms with van der Waals surface area (Å²) in [5.74, 6) is -0.614. The lowest BCUT2D eigenvalue weighted by molar-refractivity contribution is -0.116. The smallest absolute Gasteiger partial charge is 0.280 e. The molecule has 0 fully saturated rings. The van der Waals surface area contributed by atoms with E-state index in [1.165, 1.54) is 19.3 Å². The van der Waals surface area contributed by atoms with Gasteiger partial charge in [-0.05, 0) is 0 Å². The molecule has 5 nitrogen and oxygen atoms in total. The molecule has 2 rings (SSSR count). The van der Waals surface area contributed by atoms with Crippen LogP contribution in [0.15, 0.2) is 33.5 Å². The summed E-state index contributed by atoms with van der Waals surface area (Å²) < 4.78 is 4.82. The summed E-state index contributed by atoms with van der Waals surface area (Å²) in [6, 6.07) is 0. The van der Waals surface area contributed by atoms with Crippen LogP contribution < -0.4 is 0 Å². The zero-order chi connectivity index (χ0) is 10.1. The first-order valence-corrected chi connectivity index (χ1v) is 3.89.